The first-order valence-electron chi connectivity index (χ1n) is 10.7. The molecular formula is C24H26ClN3O5. The minimum atomic E-state index is -1.85. The first-order chi connectivity index (χ1) is 15.2. The normalized spacial score (nSPS) is 19.5. The van der Waals surface area contributed by atoms with Gasteiger partial charge in [0.2, 0.25) is 0 Å². The Kier molecular flexibility index (Phi) is 5.51. The van der Waals surface area contributed by atoms with Gasteiger partial charge in [0.05, 0.1) is 29.0 Å². The number of pyridine rings is 2. The first kappa shape index (κ1) is 23.2. The molecule has 8 nitrogen and oxygen atoms in total. The van der Waals surface area contributed by atoms with Gasteiger partial charge in [-0.1, -0.05) is 13.0 Å². The molecule has 2 atom stereocenters. The standard InChI is InChI=1S/C24H25N3O5.ClH/c1-5-24(31)17-9-19-20-13(10-27(19)22(29)16(17)11-32-23(24)30)8-15-18(25-20)7-6-14(21(15)28)12(2)26(3)4;/h6-9,12,28,31H,5,10-11H2,1-4H3;1H/t12?,24-;/m0./s1. The Bertz CT molecular complexity index is 1370. The predicted molar refractivity (Wildman–Crippen MR) is 126 cm³/mol. The first-order valence-corrected chi connectivity index (χ1v) is 10.7. The molecule has 0 saturated carbocycles. The summed E-state index contributed by atoms with van der Waals surface area (Å²) in [6.45, 7) is 3.83. The Hall–Kier alpha value is -2.94. The van der Waals surface area contributed by atoms with E-state index >= 15 is 0 Å². The van der Waals surface area contributed by atoms with Crippen LogP contribution in [0.2, 0.25) is 0 Å². The number of benzene rings is 1. The summed E-state index contributed by atoms with van der Waals surface area (Å²) >= 11 is 0. The highest BCUT2D eigenvalue weighted by molar-refractivity contribution is 5.90. The molecule has 0 spiro atoms. The number of phenols is 1. The maximum absolute atomic E-state index is 13.2. The number of carbonyl (C=O) groups excluding carboxylic acids is 1. The van der Waals surface area contributed by atoms with Crippen LogP contribution in [0.25, 0.3) is 22.3 Å². The van der Waals surface area contributed by atoms with E-state index in [1.807, 2.05) is 44.1 Å². The molecule has 0 aliphatic carbocycles. The van der Waals surface area contributed by atoms with Crippen LogP contribution in [-0.4, -0.2) is 44.7 Å². The monoisotopic (exact) mass is 471 g/mol. The van der Waals surface area contributed by atoms with Crippen LogP contribution < -0.4 is 5.56 Å². The molecule has 0 bridgehead atoms. The number of nitrogens with zero attached hydrogens (tertiary/aromatic N) is 3. The molecule has 0 amide bonds. The van der Waals surface area contributed by atoms with Gasteiger partial charge in [-0.2, -0.15) is 0 Å². The molecule has 4 heterocycles. The Morgan fingerprint density at radius 2 is 2.00 bits per heavy atom. The summed E-state index contributed by atoms with van der Waals surface area (Å²) < 4.78 is 6.70. The molecule has 0 saturated heterocycles. The number of aromatic nitrogens is 2. The van der Waals surface area contributed by atoms with Gasteiger partial charge in [0.25, 0.3) is 5.56 Å². The number of carbonyl (C=O) groups is 1. The van der Waals surface area contributed by atoms with Crippen molar-refractivity contribution in [3.8, 4) is 17.1 Å². The summed E-state index contributed by atoms with van der Waals surface area (Å²) in [6.07, 6.45) is 0.0977. The number of cyclic esters (lactones) is 1. The van der Waals surface area contributed by atoms with E-state index in [2.05, 4.69) is 0 Å². The second kappa shape index (κ2) is 7.83. The zero-order chi connectivity index (χ0) is 22.9. The van der Waals surface area contributed by atoms with Crippen LogP contribution in [0.5, 0.6) is 5.75 Å². The quantitative estimate of drug-likeness (QED) is 0.442. The summed E-state index contributed by atoms with van der Waals surface area (Å²) in [5.74, 6) is -0.560. The van der Waals surface area contributed by atoms with Crippen LogP contribution in [0.4, 0.5) is 0 Å². The summed E-state index contributed by atoms with van der Waals surface area (Å²) in [5, 5.41) is 22.5. The number of rotatable bonds is 3. The lowest BCUT2D eigenvalue weighted by Gasteiger charge is -2.31. The number of aliphatic hydroxyl groups is 1. The lowest BCUT2D eigenvalue weighted by molar-refractivity contribution is -0.172. The van der Waals surface area contributed by atoms with E-state index in [-0.39, 0.29) is 42.8 Å². The SMILES string of the molecule is CC[C@@]1(O)C(=O)OCc2c1cc1n(c2=O)Cc2cc3c(O)c(C(C)N(C)C)ccc3nc2-1.Cl. The number of fused-ring (bicyclic) bond motifs is 5. The summed E-state index contributed by atoms with van der Waals surface area (Å²) in [6, 6.07) is 7.31. The van der Waals surface area contributed by atoms with Crippen molar-refractivity contribution < 1.29 is 19.7 Å². The minimum absolute atomic E-state index is 0. The van der Waals surface area contributed by atoms with E-state index in [9.17, 15) is 19.8 Å². The molecular weight excluding hydrogens is 446 g/mol. The van der Waals surface area contributed by atoms with Gasteiger partial charge in [-0.05, 0) is 45.6 Å². The topological polar surface area (TPSA) is 105 Å². The number of esters is 1. The molecule has 1 aromatic carbocycles. The van der Waals surface area contributed by atoms with Crippen molar-refractivity contribution >= 4 is 29.3 Å². The van der Waals surface area contributed by atoms with Crippen LogP contribution in [-0.2, 0) is 28.3 Å². The van der Waals surface area contributed by atoms with Crippen LogP contribution in [0.15, 0.2) is 29.1 Å². The fourth-order valence-corrected chi connectivity index (χ4v) is 4.67. The molecule has 2 aromatic heterocycles. The van der Waals surface area contributed by atoms with E-state index in [0.717, 1.165) is 11.1 Å². The molecule has 2 aliphatic heterocycles. The Labute approximate surface area is 196 Å². The second-order valence-corrected chi connectivity index (χ2v) is 8.81. The Morgan fingerprint density at radius 1 is 1.27 bits per heavy atom. The number of hydrogen-bond acceptors (Lipinski definition) is 7. The van der Waals surface area contributed by atoms with E-state index in [1.54, 1.807) is 17.6 Å². The Morgan fingerprint density at radius 3 is 2.67 bits per heavy atom. The molecule has 1 unspecified atom stereocenters. The van der Waals surface area contributed by atoms with E-state index < -0.39 is 11.6 Å². The molecule has 174 valence electrons. The molecule has 9 heteroatoms. The van der Waals surface area contributed by atoms with Gasteiger partial charge in [-0.15, -0.1) is 12.4 Å². The van der Waals surface area contributed by atoms with Gasteiger partial charge in [0.15, 0.2) is 5.60 Å². The van der Waals surface area contributed by atoms with Crippen LogP contribution in [0, 0.1) is 0 Å². The molecule has 33 heavy (non-hydrogen) atoms. The van der Waals surface area contributed by atoms with Gasteiger partial charge in [0.1, 0.15) is 12.4 Å². The van der Waals surface area contributed by atoms with Gasteiger partial charge in [0, 0.05) is 28.1 Å². The van der Waals surface area contributed by atoms with Gasteiger partial charge in [-0.25, -0.2) is 9.78 Å². The zero-order valence-electron chi connectivity index (χ0n) is 18.9. The van der Waals surface area contributed by atoms with Crippen LogP contribution in [0.3, 0.4) is 0 Å². The molecule has 2 aliphatic rings. The summed E-state index contributed by atoms with van der Waals surface area (Å²) in [5.41, 5.74) is 1.81. The minimum Gasteiger partial charge on any atom is -0.507 e. The fourth-order valence-electron chi connectivity index (χ4n) is 4.67. The highest BCUT2D eigenvalue weighted by atomic mass is 35.5. The lowest BCUT2D eigenvalue weighted by atomic mass is 9.86. The van der Waals surface area contributed by atoms with Crippen molar-refractivity contribution in [1.29, 1.82) is 0 Å². The maximum Gasteiger partial charge on any atom is 0.343 e. The summed E-state index contributed by atoms with van der Waals surface area (Å²) in [4.78, 5) is 32.3. The number of halogens is 1. The third-order valence-corrected chi connectivity index (χ3v) is 6.92. The highest BCUT2D eigenvalue weighted by Crippen LogP contribution is 2.41. The second-order valence-electron chi connectivity index (χ2n) is 8.81. The van der Waals surface area contributed by atoms with E-state index in [1.165, 1.54) is 0 Å². The Balaban J connectivity index is 0.00000259. The van der Waals surface area contributed by atoms with Crippen molar-refractivity contribution in [2.24, 2.45) is 0 Å². The third-order valence-electron chi connectivity index (χ3n) is 6.92. The average Bonchev–Trinajstić information content (AvgIpc) is 3.13. The van der Waals surface area contributed by atoms with Crippen LogP contribution in [0.1, 0.15) is 48.6 Å². The molecule has 0 fully saturated rings. The number of aromatic hydroxyl groups is 1. The van der Waals surface area contributed by atoms with Gasteiger partial charge < -0.3 is 24.4 Å². The fraction of sp³-hybridized carbons (Fsp3) is 0.375. The number of hydrogen-bond donors (Lipinski definition) is 2. The largest absolute Gasteiger partial charge is 0.507 e. The smallest absolute Gasteiger partial charge is 0.343 e. The van der Waals surface area contributed by atoms with Gasteiger partial charge >= 0.3 is 5.97 Å². The van der Waals surface area contributed by atoms with Crippen LogP contribution >= 0.6 is 12.4 Å². The highest BCUT2D eigenvalue weighted by Gasteiger charge is 2.45. The van der Waals surface area contributed by atoms with Crippen molar-refractivity contribution in [3.63, 3.8) is 0 Å². The van der Waals surface area contributed by atoms with Gasteiger partial charge in [-0.3, -0.25) is 4.79 Å². The zero-order valence-corrected chi connectivity index (χ0v) is 19.7. The average molecular weight is 472 g/mol. The molecule has 3 aromatic rings. The maximum atomic E-state index is 13.2. The third kappa shape index (κ3) is 3.16. The van der Waals surface area contributed by atoms with Crippen molar-refractivity contribution in [2.45, 2.75) is 45.1 Å². The van der Waals surface area contributed by atoms with Crippen molar-refractivity contribution in [1.82, 2.24) is 14.5 Å². The molecule has 5 rings (SSSR count). The lowest BCUT2D eigenvalue weighted by Crippen LogP contribution is -2.44. The number of phenolic OH excluding ortho intramolecular Hbond substituents is 1. The van der Waals surface area contributed by atoms with Crippen molar-refractivity contribution in [3.05, 3.63) is 56.9 Å². The molecule has 0 radical (unpaired) electrons. The number of ether oxygens (including phenoxy) is 1. The predicted octanol–water partition coefficient (Wildman–Crippen LogP) is 2.83. The summed E-state index contributed by atoms with van der Waals surface area (Å²) in [7, 11) is 3.90. The van der Waals surface area contributed by atoms with Crippen molar-refractivity contribution in [2.75, 3.05) is 14.1 Å². The van der Waals surface area contributed by atoms with E-state index in [4.69, 9.17) is 9.72 Å². The van der Waals surface area contributed by atoms with E-state index in [0.29, 0.717) is 40.0 Å². The molecule has 2 N–H and O–H groups in total.